The van der Waals surface area contributed by atoms with E-state index < -0.39 is 0 Å². The summed E-state index contributed by atoms with van der Waals surface area (Å²) >= 11 is 3.54. The van der Waals surface area contributed by atoms with Crippen LogP contribution in [0.1, 0.15) is 12.2 Å². The second-order valence-corrected chi connectivity index (χ2v) is 4.44. The van der Waals surface area contributed by atoms with Crippen molar-refractivity contribution in [3.05, 3.63) is 28.5 Å². The third kappa shape index (κ3) is 1.92. The molecule has 2 aromatic rings. The Morgan fingerprint density at radius 2 is 2.27 bits per heavy atom. The van der Waals surface area contributed by atoms with Gasteiger partial charge in [0.25, 0.3) is 0 Å². The first-order valence-electron chi connectivity index (χ1n) is 5.04. The van der Waals surface area contributed by atoms with E-state index in [4.69, 9.17) is 5.73 Å². The lowest BCUT2D eigenvalue weighted by molar-refractivity contribution is 0.740. The first kappa shape index (κ1) is 10.6. The number of halogens is 1. The second-order valence-electron chi connectivity index (χ2n) is 3.59. The van der Waals surface area contributed by atoms with Gasteiger partial charge in [-0.1, -0.05) is 6.07 Å². The average molecular weight is 268 g/mol. The number of nitrogens with zero attached hydrogens (tertiary/aromatic N) is 2. The Bertz CT molecular complexity index is 476. The molecule has 0 radical (unpaired) electrons. The standard InChI is InChI=1S/C11H14BrN3/c1-15-10(6-3-7-13)14-9-5-2-4-8(12)11(9)15/h2,4-5H,3,6-7,13H2,1H3. The van der Waals surface area contributed by atoms with Crippen LogP contribution in [-0.2, 0) is 13.5 Å². The number of imidazole rings is 1. The molecule has 0 atom stereocenters. The van der Waals surface area contributed by atoms with Crippen LogP contribution in [0.5, 0.6) is 0 Å². The maximum atomic E-state index is 5.50. The van der Waals surface area contributed by atoms with Crippen LogP contribution in [0.25, 0.3) is 11.0 Å². The van der Waals surface area contributed by atoms with E-state index in [0.29, 0.717) is 6.54 Å². The zero-order chi connectivity index (χ0) is 10.8. The average Bonchev–Trinajstić information content (AvgIpc) is 2.54. The van der Waals surface area contributed by atoms with Crippen molar-refractivity contribution in [2.45, 2.75) is 12.8 Å². The lowest BCUT2D eigenvalue weighted by Gasteiger charge is -2.01. The minimum atomic E-state index is 0.713. The summed E-state index contributed by atoms with van der Waals surface area (Å²) in [6.07, 6.45) is 1.92. The van der Waals surface area contributed by atoms with Crippen molar-refractivity contribution in [3.63, 3.8) is 0 Å². The fourth-order valence-electron chi connectivity index (χ4n) is 1.75. The van der Waals surface area contributed by atoms with Gasteiger partial charge in [-0.25, -0.2) is 4.98 Å². The maximum Gasteiger partial charge on any atom is 0.109 e. The van der Waals surface area contributed by atoms with Crippen LogP contribution in [0, 0.1) is 0 Å². The van der Waals surface area contributed by atoms with Gasteiger partial charge >= 0.3 is 0 Å². The van der Waals surface area contributed by atoms with E-state index in [1.807, 2.05) is 25.2 Å². The number of hydrogen-bond acceptors (Lipinski definition) is 2. The van der Waals surface area contributed by atoms with Crippen LogP contribution in [-0.4, -0.2) is 16.1 Å². The first-order chi connectivity index (χ1) is 7.24. The molecule has 0 spiro atoms. The lowest BCUT2D eigenvalue weighted by Crippen LogP contribution is -2.04. The molecule has 2 rings (SSSR count). The van der Waals surface area contributed by atoms with Crippen molar-refractivity contribution < 1.29 is 0 Å². The van der Waals surface area contributed by atoms with Gasteiger partial charge in [0.05, 0.1) is 11.0 Å². The molecular weight excluding hydrogens is 254 g/mol. The first-order valence-corrected chi connectivity index (χ1v) is 5.83. The fourth-order valence-corrected chi connectivity index (χ4v) is 2.37. The Morgan fingerprint density at radius 3 is 2.93 bits per heavy atom. The Kier molecular flexibility index (Phi) is 3.07. The van der Waals surface area contributed by atoms with Crippen LogP contribution in [0.4, 0.5) is 0 Å². The zero-order valence-corrected chi connectivity index (χ0v) is 10.3. The normalized spacial score (nSPS) is 11.1. The van der Waals surface area contributed by atoms with Gasteiger partial charge in [-0.05, 0) is 41.0 Å². The van der Waals surface area contributed by atoms with E-state index in [-0.39, 0.29) is 0 Å². The molecule has 0 amide bonds. The van der Waals surface area contributed by atoms with Crippen LogP contribution < -0.4 is 5.73 Å². The highest BCUT2D eigenvalue weighted by atomic mass is 79.9. The third-order valence-electron chi connectivity index (χ3n) is 2.54. The monoisotopic (exact) mass is 267 g/mol. The minimum Gasteiger partial charge on any atom is -0.330 e. The van der Waals surface area contributed by atoms with Crippen molar-refractivity contribution in [1.82, 2.24) is 9.55 Å². The molecule has 0 unspecified atom stereocenters. The van der Waals surface area contributed by atoms with Gasteiger partial charge < -0.3 is 10.3 Å². The van der Waals surface area contributed by atoms with Crippen molar-refractivity contribution in [2.24, 2.45) is 12.8 Å². The molecule has 0 aliphatic carbocycles. The van der Waals surface area contributed by atoms with Crippen molar-refractivity contribution in [1.29, 1.82) is 0 Å². The Labute approximate surface area is 97.4 Å². The summed E-state index contributed by atoms with van der Waals surface area (Å²) in [6, 6.07) is 6.08. The number of rotatable bonds is 3. The van der Waals surface area contributed by atoms with E-state index in [1.165, 1.54) is 0 Å². The van der Waals surface area contributed by atoms with Crippen LogP contribution >= 0.6 is 15.9 Å². The fraction of sp³-hybridized carbons (Fsp3) is 0.364. The van der Waals surface area contributed by atoms with Crippen molar-refractivity contribution >= 4 is 27.0 Å². The van der Waals surface area contributed by atoms with E-state index in [2.05, 4.69) is 25.5 Å². The van der Waals surface area contributed by atoms with Gasteiger partial charge in [-0.3, -0.25) is 0 Å². The summed E-state index contributed by atoms with van der Waals surface area (Å²) in [5.41, 5.74) is 7.70. The molecule has 0 aliphatic heterocycles. The molecule has 0 saturated carbocycles. The number of para-hydroxylation sites is 1. The molecule has 1 heterocycles. The van der Waals surface area contributed by atoms with Gasteiger partial charge in [-0.15, -0.1) is 0 Å². The molecule has 0 aliphatic rings. The number of fused-ring (bicyclic) bond motifs is 1. The Morgan fingerprint density at radius 1 is 1.47 bits per heavy atom. The summed E-state index contributed by atoms with van der Waals surface area (Å²) in [6.45, 7) is 0.713. The Balaban J connectivity index is 2.50. The van der Waals surface area contributed by atoms with E-state index in [1.54, 1.807) is 0 Å². The van der Waals surface area contributed by atoms with Gasteiger partial charge in [-0.2, -0.15) is 0 Å². The zero-order valence-electron chi connectivity index (χ0n) is 8.70. The summed E-state index contributed by atoms with van der Waals surface area (Å²) in [5.74, 6) is 1.10. The largest absolute Gasteiger partial charge is 0.330 e. The number of aromatic nitrogens is 2. The molecular formula is C11H14BrN3. The van der Waals surface area contributed by atoms with E-state index in [0.717, 1.165) is 34.2 Å². The summed E-state index contributed by atoms with van der Waals surface area (Å²) in [4.78, 5) is 4.59. The Hall–Kier alpha value is -0.870. The number of benzene rings is 1. The molecule has 1 aromatic carbocycles. The number of aryl methyl sites for hydroxylation is 2. The highest BCUT2D eigenvalue weighted by molar-refractivity contribution is 9.10. The van der Waals surface area contributed by atoms with Gasteiger partial charge in [0.1, 0.15) is 5.82 Å². The van der Waals surface area contributed by atoms with Gasteiger partial charge in [0.15, 0.2) is 0 Å². The molecule has 3 nitrogen and oxygen atoms in total. The highest BCUT2D eigenvalue weighted by Crippen LogP contribution is 2.24. The van der Waals surface area contributed by atoms with Crippen molar-refractivity contribution in [3.8, 4) is 0 Å². The highest BCUT2D eigenvalue weighted by Gasteiger charge is 2.09. The minimum absolute atomic E-state index is 0.713. The molecule has 15 heavy (non-hydrogen) atoms. The molecule has 0 bridgehead atoms. The van der Waals surface area contributed by atoms with Crippen LogP contribution in [0.15, 0.2) is 22.7 Å². The molecule has 2 N–H and O–H groups in total. The quantitative estimate of drug-likeness (QED) is 0.927. The van der Waals surface area contributed by atoms with E-state index in [9.17, 15) is 0 Å². The summed E-state index contributed by atoms with van der Waals surface area (Å²) in [7, 11) is 2.05. The summed E-state index contributed by atoms with van der Waals surface area (Å²) in [5, 5.41) is 0. The van der Waals surface area contributed by atoms with E-state index >= 15 is 0 Å². The summed E-state index contributed by atoms with van der Waals surface area (Å²) < 4.78 is 3.23. The second kappa shape index (κ2) is 4.33. The lowest BCUT2D eigenvalue weighted by atomic mass is 10.3. The van der Waals surface area contributed by atoms with Crippen LogP contribution in [0.2, 0.25) is 0 Å². The maximum absolute atomic E-state index is 5.50. The topological polar surface area (TPSA) is 43.8 Å². The molecule has 0 saturated heterocycles. The predicted molar refractivity (Wildman–Crippen MR) is 65.8 cm³/mol. The molecule has 80 valence electrons. The predicted octanol–water partition coefficient (Wildman–Crippen LogP) is 2.23. The van der Waals surface area contributed by atoms with Gasteiger partial charge in [0.2, 0.25) is 0 Å². The SMILES string of the molecule is Cn1c(CCCN)nc2cccc(Br)c21. The molecule has 0 fully saturated rings. The molecule has 4 heteroatoms. The van der Waals surface area contributed by atoms with Crippen LogP contribution in [0.3, 0.4) is 0 Å². The van der Waals surface area contributed by atoms with Crippen molar-refractivity contribution in [2.75, 3.05) is 6.54 Å². The number of nitrogens with two attached hydrogens (primary N) is 1. The molecule has 1 aromatic heterocycles. The van der Waals surface area contributed by atoms with Gasteiger partial charge in [0, 0.05) is 17.9 Å². The third-order valence-corrected chi connectivity index (χ3v) is 3.18. The smallest absolute Gasteiger partial charge is 0.109 e. The number of hydrogen-bond donors (Lipinski definition) is 1.